The molecule has 1 N–H and O–H groups in total. The highest BCUT2D eigenvalue weighted by Crippen LogP contribution is 2.26. The molecule has 94 valence electrons. The smallest absolute Gasteiger partial charge is 0.224 e. The predicted octanol–water partition coefficient (Wildman–Crippen LogP) is 2.32. The van der Waals surface area contributed by atoms with Gasteiger partial charge in [0.2, 0.25) is 5.28 Å². The molecule has 1 heterocycles. The summed E-state index contributed by atoms with van der Waals surface area (Å²) in [6.45, 7) is 0.524. The van der Waals surface area contributed by atoms with Gasteiger partial charge >= 0.3 is 0 Å². The van der Waals surface area contributed by atoms with Gasteiger partial charge in [0.05, 0.1) is 11.4 Å². The molecule has 1 atom stereocenters. The summed E-state index contributed by atoms with van der Waals surface area (Å²) >= 11 is 5.88. The fourth-order valence-electron chi connectivity index (χ4n) is 1.96. The van der Waals surface area contributed by atoms with Gasteiger partial charge in [0, 0.05) is 12.1 Å². The molecule has 0 spiro atoms. The van der Waals surface area contributed by atoms with Crippen LogP contribution < -0.4 is 5.32 Å². The minimum atomic E-state index is -1.31. The Balaban J connectivity index is 2.14. The Kier molecular flexibility index (Phi) is 4.59. The van der Waals surface area contributed by atoms with E-state index >= 15 is 0 Å². The standard InChI is InChI=1S/C10H13Cl2N3OS/c11-10-14-8-4-2-1-3-7(8)9(15-10)13-5-6-17(12)16/h1-6H2,(H,13,14,15). The lowest BCUT2D eigenvalue weighted by atomic mass is 9.96. The Morgan fingerprint density at radius 3 is 2.82 bits per heavy atom. The highest BCUT2D eigenvalue weighted by atomic mass is 35.7. The topological polar surface area (TPSA) is 54.9 Å². The first kappa shape index (κ1) is 13.1. The van der Waals surface area contributed by atoms with E-state index in [0.29, 0.717) is 12.3 Å². The van der Waals surface area contributed by atoms with Gasteiger partial charge in [-0.3, -0.25) is 0 Å². The SMILES string of the molecule is O=S(Cl)CCNc1nc(Cl)nc2c1CCCC2. The number of hydrogen-bond donors (Lipinski definition) is 1. The van der Waals surface area contributed by atoms with Crippen molar-refractivity contribution >= 4 is 38.1 Å². The highest BCUT2D eigenvalue weighted by molar-refractivity contribution is 8.08. The lowest BCUT2D eigenvalue weighted by Crippen LogP contribution is -2.15. The first-order valence-electron chi connectivity index (χ1n) is 5.50. The molecule has 0 aliphatic heterocycles. The molecule has 0 amide bonds. The zero-order valence-corrected chi connectivity index (χ0v) is 11.5. The lowest BCUT2D eigenvalue weighted by Gasteiger charge is -2.18. The maximum Gasteiger partial charge on any atom is 0.224 e. The molecule has 1 aliphatic carbocycles. The Morgan fingerprint density at radius 2 is 2.06 bits per heavy atom. The fourth-order valence-corrected chi connectivity index (χ4v) is 2.64. The summed E-state index contributed by atoms with van der Waals surface area (Å²) in [7, 11) is 4.08. The molecule has 1 aromatic heterocycles. The van der Waals surface area contributed by atoms with Crippen molar-refractivity contribution < 1.29 is 4.21 Å². The van der Waals surface area contributed by atoms with Gasteiger partial charge in [0.25, 0.3) is 0 Å². The van der Waals surface area contributed by atoms with E-state index in [4.69, 9.17) is 22.3 Å². The van der Waals surface area contributed by atoms with Gasteiger partial charge in [0.1, 0.15) is 15.8 Å². The van der Waals surface area contributed by atoms with E-state index in [1.165, 1.54) is 0 Å². The van der Waals surface area contributed by atoms with Gasteiger partial charge in [-0.2, -0.15) is 0 Å². The fraction of sp³-hybridized carbons (Fsp3) is 0.600. The Labute approximate surface area is 112 Å². The minimum absolute atomic E-state index is 0.264. The van der Waals surface area contributed by atoms with Gasteiger partial charge in [0.15, 0.2) is 0 Å². The minimum Gasteiger partial charge on any atom is -0.369 e. The number of fused-ring (bicyclic) bond motifs is 1. The number of anilines is 1. The third kappa shape index (κ3) is 3.53. The molecule has 1 aromatic rings. The second kappa shape index (κ2) is 5.98. The van der Waals surface area contributed by atoms with Crippen molar-refractivity contribution in [3.05, 3.63) is 16.5 Å². The van der Waals surface area contributed by atoms with Crippen LogP contribution in [0.3, 0.4) is 0 Å². The highest BCUT2D eigenvalue weighted by Gasteiger charge is 2.17. The lowest BCUT2D eigenvalue weighted by molar-refractivity contribution is 0.663. The second-order valence-corrected chi connectivity index (χ2v) is 6.25. The molecular weight excluding hydrogens is 281 g/mol. The normalized spacial score (nSPS) is 16.4. The number of aromatic nitrogens is 2. The molecule has 0 radical (unpaired) electrons. The van der Waals surface area contributed by atoms with Crippen LogP contribution in [-0.4, -0.2) is 26.5 Å². The molecule has 4 nitrogen and oxygen atoms in total. The summed E-state index contributed by atoms with van der Waals surface area (Å²) in [5.41, 5.74) is 2.17. The van der Waals surface area contributed by atoms with Crippen LogP contribution in [0.15, 0.2) is 0 Å². The van der Waals surface area contributed by atoms with Crippen LogP contribution in [-0.2, 0) is 22.9 Å². The van der Waals surface area contributed by atoms with Crippen molar-refractivity contribution in [1.29, 1.82) is 0 Å². The van der Waals surface area contributed by atoms with Crippen molar-refractivity contribution in [2.75, 3.05) is 17.6 Å². The van der Waals surface area contributed by atoms with Gasteiger partial charge in [-0.1, -0.05) is 0 Å². The molecule has 0 saturated heterocycles. The predicted molar refractivity (Wildman–Crippen MR) is 71.0 cm³/mol. The number of hydrogen-bond acceptors (Lipinski definition) is 4. The van der Waals surface area contributed by atoms with Crippen molar-refractivity contribution in [2.45, 2.75) is 25.7 Å². The molecule has 0 bridgehead atoms. The first-order chi connectivity index (χ1) is 8.16. The quantitative estimate of drug-likeness (QED) is 0.684. The average Bonchev–Trinajstić information content (AvgIpc) is 2.28. The van der Waals surface area contributed by atoms with Gasteiger partial charge in [-0.05, 0) is 48.0 Å². The summed E-state index contributed by atoms with van der Waals surface area (Å²) in [6, 6.07) is 0. The van der Waals surface area contributed by atoms with Crippen LogP contribution in [0.1, 0.15) is 24.1 Å². The van der Waals surface area contributed by atoms with Crippen LogP contribution >= 0.6 is 22.3 Å². The van der Waals surface area contributed by atoms with E-state index in [2.05, 4.69) is 15.3 Å². The molecule has 7 heteroatoms. The molecule has 1 unspecified atom stereocenters. The van der Waals surface area contributed by atoms with Crippen molar-refractivity contribution in [3.63, 3.8) is 0 Å². The van der Waals surface area contributed by atoms with E-state index in [1.807, 2.05) is 0 Å². The summed E-state index contributed by atoms with van der Waals surface area (Å²) < 4.78 is 10.8. The number of aryl methyl sites for hydroxylation is 1. The summed E-state index contributed by atoms with van der Waals surface area (Å²) in [4.78, 5) is 8.43. The van der Waals surface area contributed by atoms with E-state index < -0.39 is 10.0 Å². The Hall–Kier alpha value is -0.390. The zero-order valence-electron chi connectivity index (χ0n) is 9.21. The summed E-state index contributed by atoms with van der Waals surface area (Å²) in [6.07, 6.45) is 4.21. The van der Waals surface area contributed by atoms with Gasteiger partial charge in [-0.15, -0.1) is 0 Å². The maximum absolute atomic E-state index is 10.8. The third-order valence-electron chi connectivity index (χ3n) is 2.71. The number of nitrogens with zero attached hydrogens (tertiary/aromatic N) is 2. The zero-order chi connectivity index (χ0) is 12.3. The van der Waals surface area contributed by atoms with Crippen LogP contribution in [0.5, 0.6) is 0 Å². The van der Waals surface area contributed by atoms with Crippen molar-refractivity contribution in [3.8, 4) is 0 Å². The molecular formula is C10H13Cl2N3OS. The molecule has 0 aromatic carbocycles. The Bertz CT molecular complexity index is 442. The maximum atomic E-state index is 10.8. The molecule has 0 fully saturated rings. The number of halogens is 2. The summed E-state index contributed by atoms with van der Waals surface area (Å²) in [5, 5.41) is 3.40. The Morgan fingerprint density at radius 1 is 1.29 bits per heavy atom. The average molecular weight is 294 g/mol. The largest absolute Gasteiger partial charge is 0.369 e. The molecule has 0 saturated carbocycles. The molecule has 17 heavy (non-hydrogen) atoms. The van der Waals surface area contributed by atoms with Crippen molar-refractivity contribution in [1.82, 2.24) is 9.97 Å². The van der Waals surface area contributed by atoms with Gasteiger partial charge in [-0.25, -0.2) is 14.2 Å². The second-order valence-electron chi connectivity index (χ2n) is 3.89. The first-order valence-corrected chi connectivity index (χ1v) is 8.03. The van der Waals surface area contributed by atoms with Crippen LogP contribution in [0, 0.1) is 0 Å². The summed E-state index contributed by atoms with van der Waals surface area (Å²) in [5.74, 6) is 1.15. The van der Waals surface area contributed by atoms with Crippen LogP contribution in [0.4, 0.5) is 5.82 Å². The van der Waals surface area contributed by atoms with Crippen molar-refractivity contribution in [2.24, 2.45) is 0 Å². The molecule has 1 aliphatic rings. The van der Waals surface area contributed by atoms with Gasteiger partial charge < -0.3 is 5.32 Å². The van der Waals surface area contributed by atoms with E-state index in [-0.39, 0.29) is 5.28 Å². The monoisotopic (exact) mass is 293 g/mol. The van der Waals surface area contributed by atoms with Crippen LogP contribution in [0.2, 0.25) is 5.28 Å². The third-order valence-corrected chi connectivity index (χ3v) is 3.87. The number of nitrogens with one attached hydrogen (secondary N) is 1. The number of rotatable bonds is 4. The van der Waals surface area contributed by atoms with E-state index in [0.717, 1.165) is 42.8 Å². The van der Waals surface area contributed by atoms with E-state index in [9.17, 15) is 4.21 Å². The molecule has 2 rings (SSSR count). The van der Waals surface area contributed by atoms with Crippen LogP contribution in [0.25, 0.3) is 0 Å². The van der Waals surface area contributed by atoms with E-state index in [1.54, 1.807) is 0 Å².